The molecule has 0 unspecified atom stereocenters. The lowest BCUT2D eigenvalue weighted by molar-refractivity contribution is -0.139. The number of phenolic OH excluding ortho intramolecular Hbond substituents is 1. The summed E-state index contributed by atoms with van der Waals surface area (Å²) in [5, 5.41) is 24.2. The van der Waals surface area contributed by atoms with Crippen LogP contribution < -0.4 is 5.32 Å². The lowest BCUT2D eigenvalue weighted by Gasteiger charge is -2.25. The monoisotopic (exact) mass is 547 g/mol. The van der Waals surface area contributed by atoms with E-state index in [0.717, 1.165) is 40.8 Å². The molecular weight excluding hydrogens is 518 g/mol. The summed E-state index contributed by atoms with van der Waals surface area (Å²) in [5.41, 5.74) is 4.94. The molecule has 41 heavy (non-hydrogen) atoms. The van der Waals surface area contributed by atoms with E-state index in [9.17, 15) is 19.8 Å². The van der Waals surface area contributed by atoms with Crippen molar-refractivity contribution in [2.45, 2.75) is 44.2 Å². The first-order valence-corrected chi connectivity index (χ1v) is 13.9. The lowest BCUT2D eigenvalue weighted by atomic mass is 9.95. The van der Waals surface area contributed by atoms with Gasteiger partial charge in [0.25, 0.3) is 5.91 Å². The second kappa shape index (κ2) is 9.85. The van der Waals surface area contributed by atoms with Crippen LogP contribution in [0.5, 0.6) is 5.75 Å². The Hall–Kier alpha value is -5.05. The predicted octanol–water partition coefficient (Wildman–Crippen LogP) is 6.43. The van der Waals surface area contributed by atoms with Gasteiger partial charge in [0, 0.05) is 45.2 Å². The summed E-state index contributed by atoms with van der Waals surface area (Å²) in [4.78, 5) is 37.2. The number of carbonyl (C=O) groups excluding carboxylic acids is 1. The highest BCUT2D eigenvalue weighted by molar-refractivity contribution is 6.01. The Balaban J connectivity index is 1.27. The summed E-state index contributed by atoms with van der Waals surface area (Å²) in [6.07, 6.45) is 7.25. The summed E-state index contributed by atoms with van der Waals surface area (Å²) in [6, 6.07) is 19.3. The van der Waals surface area contributed by atoms with Crippen molar-refractivity contribution in [3.8, 4) is 17.3 Å². The molecule has 0 bridgehead atoms. The van der Waals surface area contributed by atoms with Gasteiger partial charge in [0.05, 0.1) is 16.7 Å². The Morgan fingerprint density at radius 2 is 1.80 bits per heavy atom. The minimum absolute atomic E-state index is 0.0126. The standard InChI is InChI=1S/C32H29N5O4/c38-21-11-12-25-22(16-21)23(17-33-25)29(32(40)41)36-31(39)19-10-13-28-26(15-19)35-30(37(28)20-7-2-1-3-8-20)27-14-18-6-4-5-9-24(18)34-27/h4-6,9-17,20,29,33-34,38H,1-3,7-8H2,(H,36,39)(H,40,41)/t29-/m0/s1. The molecule has 9 nitrogen and oxygen atoms in total. The van der Waals surface area contributed by atoms with Crippen molar-refractivity contribution in [2.75, 3.05) is 0 Å². The van der Waals surface area contributed by atoms with Gasteiger partial charge < -0.3 is 30.1 Å². The van der Waals surface area contributed by atoms with Crippen molar-refractivity contribution in [1.29, 1.82) is 0 Å². The number of para-hydroxylation sites is 1. The zero-order valence-electron chi connectivity index (χ0n) is 22.2. The number of carbonyl (C=O) groups is 2. The van der Waals surface area contributed by atoms with E-state index in [4.69, 9.17) is 4.98 Å². The number of phenols is 1. The summed E-state index contributed by atoms with van der Waals surface area (Å²) in [7, 11) is 0. The van der Waals surface area contributed by atoms with E-state index in [1.165, 1.54) is 31.4 Å². The molecule has 0 aliphatic heterocycles. The highest BCUT2D eigenvalue weighted by Crippen LogP contribution is 2.37. The number of amides is 1. The van der Waals surface area contributed by atoms with E-state index < -0.39 is 17.9 Å². The van der Waals surface area contributed by atoms with Gasteiger partial charge in [-0.05, 0) is 61.4 Å². The third-order valence-corrected chi connectivity index (χ3v) is 8.19. The first-order valence-electron chi connectivity index (χ1n) is 13.9. The molecule has 3 heterocycles. The first kappa shape index (κ1) is 25.0. The Labute approximate surface area is 234 Å². The Morgan fingerprint density at radius 3 is 2.61 bits per heavy atom. The van der Waals surface area contributed by atoms with Crippen molar-refractivity contribution in [3.05, 3.63) is 84.1 Å². The minimum atomic E-state index is -1.31. The van der Waals surface area contributed by atoms with Crippen LogP contribution in [0.15, 0.2) is 72.9 Å². The maximum atomic E-state index is 13.4. The third-order valence-electron chi connectivity index (χ3n) is 8.19. The molecule has 0 spiro atoms. The van der Waals surface area contributed by atoms with E-state index >= 15 is 0 Å². The maximum absolute atomic E-state index is 13.4. The highest BCUT2D eigenvalue weighted by Gasteiger charge is 2.27. The summed E-state index contributed by atoms with van der Waals surface area (Å²) in [5.74, 6) is -0.874. The molecule has 1 aliphatic carbocycles. The van der Waals surface area contributed by atoms with Gasteiger partial charge in [-0.3, -0.25) is 4.79 Å². The molecule has 9 heteroatoms. The smallest absolute Gasteiger partial charge is 0.331 e. The van der Waals surface area contributed by atoms with Crippen LogP contribution in [0, 0.1) is 0 Å². The average molecular weight is 548 g/mol. The fraction of sp³-hybridized carbons (Fsp3) is 0.219. The van der Waals surface area contributed by atoms with Crippen molar-refractivity contribution in [2.24, 2.45) is 0 Å². The van der Waals surface area contributed by atoms with Crippen molar-refractivity contribution >= 4 is 44.7 Å². The second-order valence-corrected chi connectivity index (χ2v) is 10.8. The van der Waals surface area contributed by atoms with E-state index in [1.54, 1.807) is 24.4 Å². The molecule has 7 rings (SSSR count). The maximum Gasteiger partial charge on any atom is 0.331 e. The fourth-order valence-electron chi connectivity index (χ4n) is 6.19. The summed E-state index contributed by atoms with van der Waals surface area (Å²) in [6.45, 7) is 0. The molecule has 6 aromatic rings. The molecule has 0 saturated heterocycles. The number of hydrogen-bond acceptors (Lipinski definition) is 4. The number of carboxylic acid groups (broad SMARTS) is 1. The number of hydrogen-bond donors (Lipinski definition) is 5. The Kier molecular flexibility index (Phi) is 6.00. The molecule has 3 aromatic heterocycles. The van der Waals surface area contributed by atoms with Gasteiger partial charge in [-0.1, -0.05) is 37.5 Å². The summed E-state index contributed by atoms with van der Waals surface area (Å²) < 4.78 is 2.30. The van der Waals surface area contributed by atoms with Crippen molar-refractivity contribution < 1.29 is 19.8 Å². The van der Waals surface area contributed by atoms with Gasteiger partial charge in [0.15, 0.2) is 11.9 Å². The van der Waals surface area contributed by atoms with Crippen molar-refractivity contribution in [1.82, 2.24) is 24.8 Å². The molecule has 1 fully saturated rings. The molecule has 1 amide bonds. The van der Waals surface area contributed by atoms with E-state index in [0.29, 0.717) is 33.6 Å². The van der Waals surface area contributed by atoms with Crippen LogP contribution in [0.4, 0.5) is 0 Å². The van der Waals surface area contributed by atoms with Gasteiger partial charge in [0.2, 0.25) is 0 Å². The van der Waals surface area contributed by atoms with Crippen LogP contribution in [-0.4, -0.2) is 41.6 Å². The number of aromatic nitrogens is 4. The second-order valence-electron chi connectivity index (χ2n) is 10.8. The van der Waals surface area contributed by atoms with Gasteiger partial charge in [-0.25, -0.2) is 9.78 Å². The van der Waals surface area contributed by atoms with Crippen LogP contribution in [0.2, 0.25) is 0 Å². The zero-order valence-corrected chi connectivity index (χ0v) is 22.2. The molecule has 0 radical (unpaired) electrons. The largest absolute Gasteiger partial charge is 0.508 e. The molecule has 1 aliphatic rings. The summed E-state index contributed by atoms with van der Waals surface area (Å²) >= 11 is 0. The average Bonchev–Trinajstić information content (AvgIpc) is 3.70. The number of carboxylic acids is 1. The normalized spacial score (nSPS) is 15.0. The quantitative estimate of drug-likeness (QED) is 0.164. The number of aliphatic carboxylic acids is 1. The Bertz CT molecular complexity index is 1910. The van der Waals surface area contributed by atoms with Crippen LogP contribution >= 0.6 is 0 Å². The number of aromatic hydroxyl groups is 1. The predicted molar refractivity (Wildman–Crippen MR) is 157 cm³/mol. The van der Waals surface area contributed by atoms with Crippen molar-refractivity contribution in [3.63, 3.8) is 0 Å². The van der Waals surface area contributed by atoms with Gasteiger partial charge in [-0.2, -0.15) is 0 Å². The number of benzene rings is 3. The molecular formula is C32H29N5O4. The number of nitrogens with one attached hydrogen (secondary N) is 3. The number of imidazole rings is 1. The fourth-order valence-corrected chi connectivity index (χ4v) is 6.19. The number of H-pyrrole nitrogens is 2. The first-order chi connectivity index (χ1) is 20.0. The highest BCUT2D eigenvalue weighted by atomic mass is 16.4. The van der Waals surface area contributed by atoms with Gasteiger partial charge >= 0.3 is 5.97 Å². The van der Waals surface area contributed by atoms with Crippen LogP contribution in [0.1, 0.15) is 60.1 Å². The Morgan fingerprint density at radius 1 is 0.976 bits per heavy atom. The van der Waals surface area contributed by atoms with Crippen LogP contribution in [-0.2, 0) is 4.79 Å². The van der Waals surface area contributed by atoms with Gasteiger partial charge in [0.1, 0.15) is 5.75 Å². The number of fused-ring (bicyclic) bond motifs is 3. The zero-order chi connectivity index (χ0) is 28.1. The number of aromatic amines is 2. The van der Waals surface area contributed by atoms with E-state index in [1.807, 2.05) is 24.3 Å². The third kappa shape index (κ3) is 4.39. The van der Waals surface area contributed by atoms with Crippen LogP contribution in [0.25, 0.3) is 44.4 Å². The molecule has 5 N–H and O–H groups in total. The molecule has 1 saturated carbocycles. The number of nitrogens with zero attached hydrogens (tertiary/aromatic N) is 2. The SMILES string of the molecule is O=C(N[C@H](C(=O)O)c1c[nH]c2ccc(O)cc12)c1ccc2c(c1)nc(-c1cc3ccccc3[nH]1)n2C1CCCCC1. The number of rotatable bonds is 6. The lowest BCUT2D eigenvalue weighted by Crippen LogP contribution is -2.33. The van der Waals surface area contributed by atoms with E-state index in [2.05, 4.69) is 32.0 Å². The minimum Gasteiger partial charge on any atom is -0.508 e. The molecule has 3 aromatic carbocycles. The topological polar surface area (TPSA) is 136 Å². The molecule has 1 atom stereocenters. The van der Waals surface area contributed by atoms with Gasteiger partial charge in [-0.15, -0.1) is 0 Å². The van der Waals surface area contributed by atoms with Crippen LogP contribution in [0.3, 0.4) is 0 Å². The molecule has 206 valence electrons. The van der Waals surface area contributed by atoms with E-state index in [-0.39, 0.29) is 5.75 Å².